The average Bonchev–Trinajstić information content (AvgIpc) is 3.44. The number of carboxylic acid groups (broad SMARTS) is 1. The van der Waals surface area contributed by atoms with Gasteiger partial charge < -0.3 is 14.3 Å². The second-order valence-corrected chi connectivity index (χ2v) is 7.83. The number of hydrogen-bond donors (Lipinski definition) is 1. The number of carbonyl (C=O) groups is 1. The first-order chi connectivity index (χ1) is 16.0. The molecule has 7 heteroatoms. The Bertz CT molecular complexity index is 1430. The maximum Gasteiger partial charge on any atom is 0.307 e. The number of hydrogen-bond acceptors (Lipinski definition) is 5. The minimum Gasteiger partial charge on any atom is -0.489 e. The molecule has 1 aromatic heterocycles. The fourth-order valence-corrected chi connectivity index (χ4v) is 4.32. The van der Waals surface area contributed by atoms with Crippen molar-refractivity contribution >= 4 is 22.6 Å². The molecule has 0 atom stereocenters. The van der Waals surface area contributed by atoms with Gasteiger partial charge in [-0.3, -0.25) is 14.9 Å². The number of benzene rings is 3. The molecule has 1 heterocycles. The summed E-state index contributed by atoms with van der Waals surface area (Å²) in [7, 11) is 0. The van der Waals surface area contributed by atoms with Crippen LogP contribution < -0.4 is 4.74 Å². The van der Waals surface area contributed by atoms with E-state index in [1.165, 1.54) is 0 Å². The SMILES string of the molecule is O=C(O)Cc1ccccc1OCc1cc(-c2cccc3c2CC=C3[N+](=O)[O-])c2occc2c1. The first-order valence-electron chi connectivity index (χ1n) is 10.4. The van der Waals surface area contributed by atoms with Crippen molar-refractivity contribution in [1.82, 2.24) is 0 Å². The molecule has 1 N–H and O–H groups in total. The molecule has 0 bridgehead atoms. The molecule has 0 spiro atoms. The summed E-state index contributed by atoms with van der Waals surface area (Å²) in [6, 6.07) is 18.4. The van der Waals surface area contributed by atoms with E-state index in [1.807, 2.05) is 30.3 Å². The topological polar surface area (TPSA) is 103 Å². The van der Waals surface area contributed by atoms with Crippen molar-refractivity contribution in [2.24, 2.45) is 0 Å². The van der Waals surface area contributed by atoms with E-state index in [4.69, 9.17) is 14.3 Å². The number of fused-ring (bicyclic) bond motifs is 2. The highest BCUT2D eigenvalue weighted by atomic mass is 16.6. The van der Waals surface area contributed by atoms with Crippen LogP contribution in [0.2, 0.25) is 0 Å². The van der Waals surface area contributed by atoms with E-state index >= 15 is 0 Å². The van der Waals surface area contributed by atoms with Crippen molar-refractivity contribution in [1.29, 1.82) is 0 Å². The predicted octanol–water partition coefficient (Wildman–Crippen LogP) is 5.48. The Morgan fingerprint density at radius 2 is 1.88 bits per heavy atom. The summed E-state index contributed by atoms with van der Waals surface area (Å²) in [5.74, 6) is -0.400. The third kappa shape index (κ3) is 3.85. The van der Waals surface area contributed by atoms with E-state index < -0.39 is 5.97 Å². The molecule has 1 aliphatic rings. The minimum absolute atomic E-state index is 0.121. The van der Waals surface area contributed by atoms with E-state index in [2.05, 4.69) is 0 Å². The number of ether oxygens (including phenoxy) is 1. The van der Waals surface area contributed by atoms with Gasteiger partial charge in [0.25, 0.3) is 5.70 Å². The predicted molar refractivity (Wildman–Crippen MR) is 122 cm³/mol. The quantitative estimate of drug-likeness (QED) is 0.301. The van der Waals surface area contributed by atoms with Crippen LogP contribution in [0.5, 0.6) is 5.75 Å². The van der Waals surface area contributed by atoms with Crippen LogP contribution in [0.25, 0.3) is 27.8 Å². The van der Waals surface area contributed by atoms with Gasteiger partial charge in [-0.05, 0) is 59.5 Å². The molecule has 0 fully saturated rings. The first kappa shape index (κ1) is 20.5. The Morgan fingerprint density at radius 3 is 2.70 bits per heavy atom. The van der Waals surface area contributed by atoms with Crippen molar-refractivity contribution in [3.05, 3.63) is 105 Å². The monoisotopic (exact) mass is 441 g/mol. The number of para-hydroxylation sites is 1. The van der Waals surface area contributed by atoms with E-state index in [9.17, 15) is 14.9 Å². The zero-order chi connectivity index (χ0) is 22.9. The zero-order valence-corrected chi connectivity index (χ0v) is 17.5. The van der Waals surface area contributed by atoms with Crippen molar-refractivity contribution in [2.45, 2.75) is 19.4 Å². The maximum atomic E-state index is 11.4. The lowest BCUT2D eigenvalue weighted by atomic mass is 9.93. The van der Waals surface area contributed by atoms with Gasteiger partial charge in [0.1, 0.15) is 17.9 Å². The van der Waals surface area contributed by atoms with Crippen LogP contribution in [0.1, 0.15) is 22.3 Å². The standard InChI is InChI=1S/C26H19NO6/c28-25(29)14-17-4-1-2-7-24(17)33-15-16-12-18-10-11-32-26(18)22(13-16)19-5-3-6-21-20(19)8-9-23(21)27(30)31/h1-7,9-13H,8,14-15H2,(H,28,29). The molecule has 1 aliphatic carbocycles. The molecule has 0 amide bonds. The summed E-state index contributed by atoms with van der Waals surface area (Å²) in [6.07, 6.45) is 3.61. The van der Waals surface area contributed by atoms with Gasteiger partial charge in [-0.25, -0.2) is 0 Å². The van der Waals surface area contributed by atoms with Crippen LogP contribution in [0.4, 0.5) is 0 Å². The van der Waals surface area contributed by atoms with Gasteiger partial charge in [-0.1, -0.05) is 30.3 Å². The van der Waals surface area contributed by atoms with Crippen LogP contribution >= 0.6 is 0 Å². The number of nitrogens with zero attached hydrogens (tertiary/aromatic N) is 1. The Labute approximate surface area is 188 Å². The van der Waals surface area contributed by atoms with Crippen LogP contribution in [0.3, 0.4) is 0 Å². The molecule has 3 aromatic carbocycles. The molecule has 0 radical (unpaired) electrons. The fraction of sp³-hybridized carbons (Fsp3) is 0.115. The van der Waals surface area contributed by atoms with Crippen LogP contribution in [-0.2, 0) is 24.2 Å². The summed E-state index contributed by atoms with van der Waals surface area (Å²) < 4.78 is 11.7. The van der Waals surface area contributed by atoms with Crippen LogP contribution in [0.15, 0.2) is 77.4 Å². The third-order valence-electron chi connectivity index (χ3n) is 5.76. The molecule has 0 saturated heterocycles. The molecule has 0 saturated carbocycles. The molecule has 4 aromatic rings. The number of allylic oxidation sites excluding steroid dienone is 1. The van der Waals surface area contributed by atoms with Crippen molar-refractivity contribution < 1.29 is 24.0 Å². The lowest BCUT2D eigenvalue weighted by Gasteiger charge is -2.13. The molecular weight excluding hydrogens is 422 g/mol. The average molecular weight is 441 g/mol. The number of furan rings is 1. The Hall–Kier alpha value is -4.39. The largest absolute Gasteiger partial charge is 0.489 e. The zero-order valence-electron chi connectivity index (χ0n) is 17.5. The number of aliphatic carboxylic acids is 1. The number of rotatable bonds is 7. The smallest absolute Gasteiger partial charge is 0.307 e. The molecule has 164 valence electrons. The molecular formula is C26H19NO6. The van der Waals surface area contributed by atoms with Crippen molar-refractivity contribution in [3.8, 4) is 16.9 Å². The Morgan fingerprint density at radius 1 is 1.06 bits per heavy atom. The van der Waals surface area contributed by atoms with Gasteiger partial charge in [0.2, 0.25) is 0 Å². The van der Waals surface area contributed by atoms with Gasteiger partial charge in [0.05, 0.1) is 23.2 Å². The second kappa shape index (κ2) is 8.27. The Balaban J connectivity index is 1.52. The van der Waals surface area contributed by atoms with Gasteiger partial charge in [0.15, 0.2) is 0 Å². The highest BCUT2D eigenvalue weighted by Gasteiger charge is 2.26. The van der Waals surface area contributed by atoms with Gasteiger partial charge in [0, 0.05) is 16.5 Å². The normalized spacial score (nSPS) is 12.4. The van der Waals surface area contributed by atoms with E-state index in [-0.39, 0.29) is 23.6 Å². The molecule has 33 heavy (non-hydrogen) atoms. The molecule has 7 nitrogen and oxygen atoms in total. The fourth-order valence-electron chi connectivity index (χ4n) is 4.32. The number of carboxylic acids is 1. The summed E-state index contributed by atoms with van der Waals surface area (Å²) in [5.41, 5.74) is 5.55. The van der Waals surface area contributed by atoms with Gasteiger partial charge in [-0.15, -0.1) is 0 Å². The number of nitro groups is 1. The second-order valence-electron chi connectivity index (χ2n) is 7.83. The summed E-state index contributed by atoms with van der Waals surface area (Å²) in [6.45, 7) is 0.234. The highest BCUT2D eigenvalue weighted by Crippen LogP contribution is 2.39. The van der Waals surface area contributed by atoms with E-state index in [0.717, 1.165) is 27.6 Å². The van der Waals surface area contributed by atoms with Gasteiger partial charge >= 0.3 is 5.97 Å². The maximum absolute atomic E-state index is 11.4. The Kier molecular flexibility index (Phi) is 5.14. The lowest BCUT2D eigenvalue weighted by molar-refractivity contribution is -0.375. The van der Waals surface area contributed by atoms with E-state index in [0.29, 0.717) is 28.9 Å². The van der Waals surface area contributed by atoms with Crippen LogP contribution in [-0.4, -0.2) is 16.0 Å². The van der Waals surface area contributed by atoms with E-state index in [1.54, 1.807) is 42.7 Å². The minimum atomic E-state index is -0.922. The van der Waals surface area contributed by atoms with Gasteiger partial charge in [-0.2, -0.15) is 0 Å². The third-order valence-corrected chi connectivity index (χ3v) is 5.76. The first-order valence-corrected chi connectivity index (χ1v) is 10.4. The summed E-state index contributed by atoms with van der Waals surface area (Å²) in [5, 5.41) is 21.5. The van der Waals surface area contributed by atoms with Crippen molar-refractivity contribution in [3.63, 3.8) is 0 Å². The van der Waals surface area contributed by atoms with Crippen LogP contribution in [0, 0.1) is 10.1 Å². The molecule has 5 rings (SSSR count). The van der Waals surface area contributed by atoms with Crippen molar-refractivity contribution in [2.75, 3.05) is 0 Å². The summed E-state index contributed by atoms with van der Waals surface area (Å²) >= 11 is 0. The lowest BCUT2D eigenvalue weighted by Crippen LogP contribution is -2.04. The molecule has 0 unspecified atom stereocenters. The highest BCUT2D eigenvalue weighted by molar-refractivity contribution is 5.95. The summed E-state index contributed by atoms with van der Waals surface area (Å²) in [4.78, 5) is 22.2. The molecule has 0 aliphatic heterocycles.